The van der Waals surface area contributed by atoms with Gasteiger partial charge >= 0.3 is 12.1 Å². The molecule has 2 fully saturated rings. The van der Waals surface area contributed by atoms with E-state index in [4.69, 9.17) is 14.2 Å². The average Bonchev–Trinajstić information content (AvgIpc) is 3.32. The number of esters is 1. The molecule has 2 heterocycles. The van der Waals surface area contributed by atoms with E-state index in [2.05, 4.69) is 17.5 Å². The van der Waals surface area contributed by atoms with Crippen molar-refractivity contribution in [1.29, 1.82) is 0 Å². The number of alkyl halides is 3. The number of methoxy groups -OCH3 is 1. The van der Waals surface area contributed by atoms with Crippen molar-refractivity contribution in [2.45, 2.75) is 68.0 Å². The van der Waals surface area contributed by atoms with Crippen molar-refractivity contribution in [3.8, 4) is 11.5 Å². The molecular weight excluding hydrogens is 561 g/mol. The fourth-order valence-electron chi connectivity index (χ4n) is 8.20. The number of carbonyl (C=O) groups excluding carboxylic acids is 2. The number of likely N-dealkylation sites (N-methyl/N-ethyl adjacent to an activating group) is 1. The van der Waals surface area contributed by atoms with Crippen LogP contribution in [0.5, 0.6) is 11.5 Å². The number of benzene rings is 2. The van der Waals surface area contributed by atoms with E-state index < -0.39 is 28.9 Å². The van der Waals surface area contributed by atoms with Crippen LogP contribution in [0.15, 0.2) is 55.1 Å². The molecule has 1 spiro atoms. The van der Waals surface area contributed by atoms with Gasteiger partial charge in [-0.1, -0.05) is 24.3 Å². The second-order valence-corrected chi connectivity index (χ2v) is 11.9. The standard InChI is InChI=1S/C33H35F3N2O5/c1-5-17-38-18-16-31-28-22-9-12-25(41-4)29(28)42-30(31)24(14-15-32(31,26(38)19-22)43-20(2)39)37(3)27(40)13-8-21-6-10-23(11-7-21)33(34,35)36/h5-13,24,26,30H,1,14-19H2,2-4H3/t24-,26+,30-,31-,32+/m0/s1. The first-order valence-corrected chi connectivity index (χ1v) is 14.5. The molecule has 7 nitrogen and oxygen atoms in total. The molecule has 2 aliphatic carbocycles. The number of halogens is 3. The van der Waals surface area contributed by atoms with Crippen LogP contribution in [-0.2, 0) is 32.3 Å². The highest BCUT2D eigenvalue weighted by Gasteiger charge is 2.75. The second-order valence-electron chi connectivity index (χ2n) is 11.9. The Morgan fingerprint density at radius 2 is 1.93 bits per heavy atom. The lowest BCUT2D eigenvalue weighted by Crippen LogP contribution is -2.79. The Hall–Kier alpha value is -3.79. The summed E-state index contributed by atoms with van der Waals surface area (Å²) in [6.07, 6.45) is 2.22. The van der Waals surface area contributed by atoms with Gasteiger partial charge in [0, 0.05) is 38.7 Å². The Kier molecular flexibility index (Phi) is 7.11. The van der Waals surface area contributed by atoms with Gasteiger partial charge in [0.2, 0.25) is 5.91 Å². The molecule has 228 valence electrons. The predicted molar refractivity (Wildman–Crippen MR) is 154 cm³/mol. The highest BCUT2D eigenvalue weighted by molar-refractivity contribution is 5.92. The quantitative estimate of drug-likeness (QED) is 0.250. The van der Waals surface area contributed by atoms with E-state index >= 15 is 0 Å². The fraction of sp³-hybridized carbons (Fsp3) is 0.455. The van der Waals surface area contributed by atoms with Gasteiger partial charge in [-0.3, -0.25) is 14.5 Å². The molecule has 0 radical (unpaired) electrons. The molecule has 10 heteroatoms. The summed E-state index contributed by atoms with van der Waals surface area (Å²) in [6, 6.07) is 8.19. The van der Waals surface area contributed by atoms with Crippen LogP contribution < -0.4 is 9.47 Å². The van der Waals surface area contributed by atoms with Crippen molar-refractivity contribution >= 4 is 18.0 Å². The van der Waals surface area contributed by atoms with Crippen molar-refractivity contribution in [2.75, 3.05) is 27.2 Å². The molecule has 5 atom stereocenters. The number of rotatable bonds is 7. The second kappa shape index (κ2) is 10.4. The van der Waals surface area contributed by atoms with E-state index in [0.29, 0.717) is 49.3 Å². The smallest absolute Gasteiger partial charge is 0.416 e. The van der Waals surface area contributed by atoms with Gasteiger partial charge in [-0.25, -0.2) is 0 Å². The first-order valence-electron chi connectivity index (χ1n) is 14.5. The van der Waals surface area contributed by atoms with Gasteiger partial charge in [-0.05, 0) is 61.1 Å². The minimum Gasteiger partial charge on any atom is -0.493 e. The Bertz CT molecular complexity index is 1490. The number of carbonyl (C=O) groups is 2. The zero-order valence-corrected chi connectivity index (χ0v) is 24.4. The highest BCUT2D eigenvalue weighted by Crippen LogP contribution is 2.67. The zero-order chi connectivity index (χ0) is 30.7. The molecule has 0 unspecified atom stereocenters. The maximum atomic E-state index is 13.5. The summed E-state index contributed by atoms with van der Waals surface area (Å²) in [4.78, 5) is 30.3. The molecule has 1 saturated heterocycles. The Balaban J connectivity index is 1.38. The van der Waals surface area contributed by atoms with Gasteiger partial charge in [-0.15, -0.1) is 6.58 Å². The van der Waals surface area contributed by atoms with Gasteiger partial charge in [0.1, 0.15) is 11.7 Å². The van der Waals surface area contributed by atoms with Crippen LogP contribution in [0.3, 0.4) is 0 Å². The van der Waals surface area contributed by atoms with Crippen molar-refractivity contribution in [1.82, 2.24) is 9.80 Å². The monoisotopic (exact) mass is 596 g/mol. The van der Waals surface area contributed by atoms with E-state index in [-0.39, 0.29) is 24.0 Å². The van der Waals surface area contributed by atoms with Crippen molar-refractivity contribution < 1.29 is 37.0 Å². The molecule has 0 aromatic heterocycles. The molecule has 2 aliphatic heterocycles. The molecule has 0 N–H and O–H groups in total. The number of nitrogens with zero attached hydrogens (tertiary/aromatic N) is 2. The summed E-state index contributed by atoms with van der Waals surface area (Å²) >= 11 is 0. The first kappa shape index (κ1) is 29.3. The molecular formula is C33H35F3N2O5. The minimum absolute atomic E-state index is 0.0948. The minimum atomic E-state index is -4.43. The van der Waals surface area contributed by atoms with Crippen molar-refractivity contribution in [3.63, 3.8) is 0 Å². The average molecular weight is 597 g/mol. The lowest BCUT2D eigenvalue weighted by molar-refractivity contribution is -0.222. The van der Waals surface area contributed by atoms with Gasteiger partial charge in [0.15, 0.2) is 11.5 Å². The molecule has 6 rings (SSSR count). The van der Waals surface area contributed by atoms with Crippen LogP contribution >= 0.6 is 0 Å². The van der Waals surface area contributed by atoms with Crippen LogP contribution in [0.1, 0.15) is 48.4 Å². The van der Waals surface area contributed by atoms with E-state index in [1.165, 1.54) is 31.2 Å². The number of piperidine rings is 1. The third-order valence-electron chi connectivity index (χ3n) is 9.90. The number of likely N-dealkylation sites (tertiary alicyclic amines) is 1. The van der Waals surface area contributed by atoms with Crippen LogP contribution in [0.2, 0.25) is 0 Å². The highest BCUT2D eigenvalue weighted by atomic mass is 19.4. The largest absolute Gasteiger partial charge is 0.493 e. The van der Waals surface area contributed by atoms with Gasteiger partial charge < -0.3 is 19.1 Å². The third kappa shape index (κ3) is 4.36. The van der Waals surface area contributed by atoms with Gasteiger partial charge in [0.05, 0.1) is 30.2 Å². The molecule has 4 aliphatic rings. The topological polar surface area (TPSA) is 68.3 Å². The summed E-state index contributed by atoms with van der Waals surface area (Å²) in [6.45, 7) is 6.80. The van der Waals surface area contributed by atoms with Crippen LogP contribution in [-0.4, -0.2) is 72.7 Å². The summed E-state index contributed by atoms with van der Waals surface area (Å²) in [5.74, 6) is 0.585. The maximum Gasteiger partial charge on any atom is 0.416 e. The van der Waals surface area contributed by atoms with Gasteiger partial charge in [-0.2, -0.15) is 13.2 Å². The van der Waals surface area contributed by atoms with E-state index in [0.717, 1.165) is 29.8 Å². The lowest BCUT2D eigenvalue weighted by atomic mass is 9.48. The molecule has 1 saturated carbocycles. The molecule has 1 amide bonds. The predicted octanol–water partition coefficient (Wildman–Crippen LogP) is 5.17. The molecule has 43 heavy (non-hydrogen) atoms. The molecule has 2 aromatic rings. The Labute approximate surface area is 248 Å². The Morgan fingerprint density at radius 3 is 2.58 bits per heavy atom. The number of hydrogen-bond acceptors (Lipinski definition) is 6. The molecule has 2 aromatic carbocycles. The van der Waals surface area contributed by atoms with Crippen LogP contribution in [0, 0.1) is 0 Å². The summed E-state index contributed by atoms with van der Waals surface area (Å²) in [5.41, 5.74) is 0.298. The normalized spacial score (nSPS) is 29.0. The van der Waals surface area contributed by atoms with E-state index in [1.54, 1.807) is 19.1 Å². The third-order valence-corrected chi connectivity index (χ3v) is 9.90. The van der Waals surface area contributed by atoms with Crippen LogP contribution in [0.4, 0.5) is 13.2 Å². The van der Waals surface area contributed by atoms with E-state index in [1.807, 2.05) is 12.1 Å². The number of amides is 1. The van der Waals surface area contributed by atoms with Crippen molar-refractivity contribution in [2.24, 2.45) is 0 Å². The van der Waals surface area contributed by atoms with E-state index in [9.17, 15) is 22.8 Å². The fourth-order valence-corrected chi connectivity index (χ4v) is 8.20. The SMILES string of the molecule is C=CCN1CC[C@]23c4c5ccc(OC)c4O[C@H]2[C@@H](N(C)C(=O)C=Cc2ccc(C(F)(F)F)cc2)CC[C@@]3(OC(C)=O)[C@H]1C5. The number of ether oxygens (including phenoxy) is 3. The maximum absolute atomic E-state index is 13.5. The first-order chi connectivity index (χ1) is 20.5. The molecule has 2 bridgehead atoms. The zero-order valence-electron chi connectivity index (χ0n) is 24.4. The summed E-state index contributed by atoms with van der Waals surface area (Å²) in [7, 11) is 3.31. The number of hydrogen-bond donors (Lipinski definition) is 0. The lowest BCUT2D eigenvalue weighted by Gasteiger charge is -2.65. The summed E-state index contributed by atoms with van der Waals surface area (Å²) in [5, 5.41) is 0. The van der Waals surface area contributed by atoms with Crippen LogP contribution in [0.25, 0.3) is 6.08 Å². The summed E-state index contributed by atoms with van der Waals surface area (Å²) < 4.78 is 57.9. The van der Waals surface area contributed by atoms with Crippen molar-refractivity contribution in [3.05, 3.63) is 77.4 Å². The van der Waals surface area contributed by atoms with Gasteiger partial charge in [0.25, 0.3) is 0 Å². The Morgan fingerprint density at radius 1 is 1.19 bits per heavy atom.